The molecular weight excluding hydrogens is 563 g/mol. The molecule has 7 rings (SSSR count). The van der Waals surface area contributed by atoms with E-state index in [2.05, 4.69) is 25.2 Å². The van der Waals surface area contributed by atoms with E-state index in [1.54, 1.807) is 39.6 Å². The molecule has 44 heavy (non-hydrogen) atoms. The van der Waals surface area contributed by atoms with Crippen molar-refractivity contribution in [2.24, 2.45) is 29.6 Å². The lowest BCUT2D eigenvalue weighted by Gasteiger charge is -2.45. The summed E-state index contributed by atoms with van der Waals surface area (Å²) in [6, 6.07) is 3.22. The van der Waals surface area contributed by atoms with E-state index in [0.717, 1.165) is 36.9 Å². The fourth-order valence-corrected chi connectivity index (χ4v) is 7.27. The zero-order valence-corrected chi connectivity index (χ0v) is 24.7. The number of aromatic nitrogens is 4. The van der Waals surface area contributed by atoms with Gasteiger partial charge in [-0.2, -0.15) is 0 Å². The highest BCUT2D eigenvalue weighted by molar-refractivity contribution is 6.22. The van der Waals surface area contributed by atoms with Crippen LogP contribution in [0.1, 0.15) is 35.2 Å². The van der Waals surface area contributed by atoms with E-state index < -0.39 is 17.2 Å². The average molecular weight is 597 g/mol. The van der Waals surface area contributed by atoms with Gasteiger partial charge in [0.1, 0.15) is 22.7 Å². The number of hydrogen-bond donors (Lipinski definition) is 4. The number of nitrogens with two attached hydrogens (primary N) is 1. The van der Waals surface area contributed by atoms with Gasteiger partial charge in [0.2, 0.25) is 5.43 Å². The molecule has 2 aliphatic rings. The Morgan fingerprint density at radius 2 is 2.05 bits per heavy atom. The maximum absolute atomic E-state index is 15.7. The number of carbonyl (C=O) groups is 1. The molecule has 1 aliphatic heterocycles. The first-order chi connectivity index (χ1) is 21.2. The summed E-state index contributed by atoms with van der Waals surface area (Å²) in [5.74, 6) is -0.968. The van der Waals surface area contributed by atoms with Gasteiger partial charge < -0.3 is 30.6 Å². The SMILES string of the molecule is C/N=C\c1c(F)cc(NC)c2[nH]c3ncc(-c4cnc5c(c4)c(=O)c(C(=O)O)cn5C)c(N4C[C@H]5CC[C@@H](N)[C@H](C5)C4)c3c12. The minimum atomic E-state index is -1.30. The average Bonchev–Trinajstić information content (AvgIpc) is 3.41. The Bertz CT molecular complexity index is 2080. The van der Waals surface area contributed by atoms with Crippen LogP contribution in [0.5, 0.6) is 0 Å². The second-order valence-corrected chi connectivity index (χ2v) is 12.0. The summed E-state index contributed by atoms with van der Waals surface area (Å²) in [6.07, 6.45) is 9.31. The molecule has 4 aromatic heterocycles. The number of piperidine rings is 1. The summed E-state index contributed by atoms with van der Waals surface area (Å²) in [4.78, 5) is 44.5. The summed E-state index contributed by atoms with van der Waals surface area (Å²) in [7, 11) is 5.01. The van der Waals surface area contributed by atoms with Crippen LogP contribution in [0.25, 0.3) is 44.1 Å². The minimum absolute atomic E-state index is 0.0914. The number of halogens is 1. The van der Waals surface area contributed by atoms with Gasteiger partial charge in [-0.3, -0.25) is 9.79 Å². The normalized spacial score (nSPS) is 20.3. The lowest BCUT2D eigenvalue weighted by atomic mass is 9.75. The van der Waals surface area contributed by atoms with Crippen molar-refractivity contribution in [2.75, 3.05) is 37.4 Å². The molecule has 5 aromatic rings. The van der Waals surface area contributed by atoms with Crippen LogP contribution < -0.4 is 21.4 Å². The molecule has 0 radical (unpaired) electrons. The van der Waals surface area contributed by atoms with E-state index >= 15 is 4.39 Å². The molecule has 1 aromatic carbocycles. The van der Waals surface area contributed by atoms with E-state index in [1.807, 2.05) is 0 Å². The largest absolute Gasteiger partial charge is 0.477 e. The predicted molar refractivity (Wildman–Crippen MR) is 171 cm³/mol. The van der Waals surface area contributed by atoms with Crippen LogP contribution in [0.15, 0.2) is 40.5 Å². The summed E-state index contributed by atoms with van der Waals surface area (Å²) >= 11 is 0. The van der Waals surface area contributed by atoms with Crippen molar-refractivity contribution >= 4 is 56.5 Å². The number of hydrogen-bond acceptors (Lipinski definition) is 8. The zero-order chi connectivity index (χ0) is 30.9. The quantitative estimate of drug-likeness (QED) is 0.221. The molecule has 0 amide bonds. The third-order valence-corrected chi connectivity index (χ3v) is 9.34. The summed E-state index contributed by atoms with van der Waals surface area (Å²) < 4.78 is 17.2. The third-order valence-electron chi connectivity index (χ3n) is 9.34. The van der Waals surface area contributed by atoms with Crippen molar-refractivity contribution < 1.29 is 14.3 Å². The number of aromatic amines is 1. The zero-order valence-electron chi connectivity index (χ0n) is 24.7. The highest BCUT2D eigenvalue weighted by Crippen LogP contribution is 2.46. The van der Waals surface area contributed by atoms with Crippen LogP contribution in [-0.2, 0) is 7.05 Å². The first kappa shape index (κ1) is 28.0. The number of carboxylic acids is 1. The summed E-state index contributed by atoms with van der Waals surface area (Å²) in [5.41, 5.74) is 10.4. The van der Waals surface area contributed by atoms with Crippen LogP contribution in [0.3, 0.4) is 0 Å². The number of fused-ring (bicyclic) bond motifs is 6. The maximum atomic E-state index is 15.7. The Balaban J connectivity index is 1.58. The van der Waals surface area contributed by atoms with Gasteiger partial charge in [0, 0.05) is 87.2 Å². The molecule has 12 heteroatoms. The Morgan fingerprint density at radius 1 is 1.23 bits per heavy atom. The van der Waals surface area contributed by atoms with Crippen molar-refractivity contribution in [3.8, 4) is 11.1 Å². The number of nitrogens with one attached hydrogen (secondary N) is 2. The van der Waals surface area contributed by atoms with E-state index in [4.69, 9.17) is 10.7 Å². The molecule has 2 fully saturated rings. The number of anilines is 2. The Morgan fingerprint density at radius 3 is 2.80 bits per heavy atom. The highest BCUT2D eigenvalue weighted by atomic mass is 19.1. The van der Waals surface area contributed by atoms with Gasteiger partial charge in [-0.15, -0.1) is 0 Å². The molecule has 0 unspecified atom stereocenters. The number of aryl methyl sites for hydroxylation is 1. The van der Waals surface area contributed by atoms with Crippen LogP contribution in [0.4, 0.5) is 15.8 Å². The molecule has 11 nitrogen and oxygen atoms in total. The lowest BCUT2D eigenvalue weighted by Crippen LogP contribution is -2.50. The molecular formula is C32H33FN8O3. The van der Waals surface area contributed by atoms with Gasteiger partial charge >= 0.3 is 5.97 Å². The summed E-state index contributed by atoms with van der Waals surface area (Å²) in [6.45, 7) is 1.51. The van der Waals surface area contributed by atoms with Crippen LogP contribution >= 0.6 is 0 Å². The molecule has 2 bridgehead atoms. The van der Waals surface area contributed by atoms with Gasteiger partial charge in [-0.05, 0) is 43.2 Å². The molecule has 0 spiro atoms. The molecule has 1 saturated heterocycles. The molecule has 5 N–H and O–H groups in total. The van der Waals surface area contributed by atoms with E-state index in [-0.39, 0.29) is 17.0 Å². The Kier molecular flexibility index (Phi) is 6.61. The first-order valence-electron chi connectivity index (χ1n) is 14.7. The Labute approximate surface area is 251 Å². The third kappa shape index (κ3) is 4.23. The smallest absolute Gasteiger partial charge is 0.341 e. The van der Waals surface area contributed by atoms with Crippen molar-refractivity contribution in [1.82, 2.24) is 19.5 Å². The number of H-pyrrole nitrogens is 1. The van der Waals surface area contributed by atoms with Crippen LogP contribution in [0, 0.1) is 17.7 Å². The van der Waals surface area contributed by atoms with Gasteiger partial charge in [0.25, 0.3) is 0 Å². The lowest BCUT2D eigenvalue weighted by molar-refractivity contribution is 0.0695. The monoisotopic (exact) mass is 596 g/mol. The van der Waals surface area contributed by atoms with E-state index in [1.165, 1.54) is 23.0 Å². The predicted octanol–water partition coefficient (Wildman–Crippen LogP) is 4.12. The maximum Gasteiger partial charge on any atom is 0.341 e. The standard InChI is InChI=1S/C32H33FN8O3/c1-35-10-20-22(33)8-24(36-2)27-25(20)26-28(41-12-15-4-5-23(34)17(6-15)13-41)19(11-37-30(26)39-27)16-7-18-29(42)21(32(43)44)14-40(3)31(18)38-9-16/h7-11,14-15,17,23,36H,4-6,12-13,34H2,1-3H3,(H,37,39)(H,43,44)/b35-10-/t15-,17+,23+/m0/s1. The number of rotatable bonds is 5. The fraction of sp³-hybridized carbons (Fsp3) is 0.344. The van der Waals surface area contributed by atoms with Gasteiger partial charge in [0.05, 0.1) is 27.7 Å². The minimum Gasteiger partial charge on any atom is -0.477 e. The summed E-state index contributed by atoms with van der Waals surface area (Å²) in [5, 5.41) is 14.4. The Hall–Kier alpha value is -4.84. The first-order valence-corrected chi connectivity index (χ1v) is 14.7. The fourth-order valence-electron chi connectivity index (χ4n) is 7.27. The number of carboxylic acid groups (broad SMARTS) is 1. The molecule has 226 valence electrons. The van der Waals surface area contributed by atoms with Crippen molar-refractivity contribution in [1.29, 1.82) is 0 Å². The molecule has 5 heterocycles. The van der Waals surface area contributed by atoms with Crippen LogP contribution in [0.2, 0.25) is 0 Å². The topological polar surface area (TPSA) is 155 Å². The number of pyridine rings is 3. The van der Waals surface area contributed by atoms with E-state index in [0.29, 0.717) is 63.0 Å². The molecule has 1 saturated carbocycles. The second-order valence-electron chi connectivity index (χ2n) is 12.0. The van der Waals surface area contributed by atoms with Gasteiger partial charge in [0.15, 0.2) is 0 Å². The van der Waals surface area contributed by atoms with Crippen molar-refractivity contribution in [3.63, 3.8) is 0 Å². The van der Waals surface area contributed by atoms with Gasteiger partial charge in [-0.1, -0.05) is 0 Å². The van der Waals surface area contributed by atoms with Crippen molar-refractivity contribution in [3.05, 3.63) is 57.9 Å². The second kappa shape index (κ2) is 10.4. The highest BCUT2D eigenvalue weighted by Gasteiger charge is 2.37. The van der Waals surface area contributed by atoms with Crippen LogP contribution in [-0.4, -0.2) is 70.0 Å². The molecule has 1 aliphatic carbocycles. The number of benzene rings is 1. The van der Waals surface area contributed by atoms with Gasteiger partial charge in [-0.25, -0.2) is 19.2 Å². The van der Waals surface area contributed by atoms with Crippen molar-refractivity contribution in [2.45, 2.75) is 25.3 Å². The number of aromatic carboxylic acids is 1. The number of aliphatic imine (C=N–C) groups is 1. The number of nitrogens with zero attached hydrogens (tertiary/aromatic N) is 5. The van der Waals surface area contributed by atoms with E-state index in [9.17, 15) is 14.7 Å². The molecule has 3 atom stereocenters.